The Bertz CT molecular complexity index is 634. The maximum atomic E-state index is 12.3. The van der Waals surface area contributed by atoms with Gasteiger partial charge in [0.2, 0.25) is 5.91 Å². The maximum absolute atomic E-state index is 12.3. The lowest BCUT2D eigenvalue weighted by molar-refractivity contribution is -0.117. The summed E-state index contributed by atoms with van der Waals surface area (Å²) >= 11 is 0. The summed E-state index contributed by atoms with van der Waals surface area (Å²) in [7, 11) is 0. The van der Waals surface area contributed by atoms with E-state index in [0.717, 1.165) is 5.69 Å². The summed E-state index contributed by atoms with van der Waals surface area (Å²) in [5, 5.41) is 6.30. The van der Waals surface area contributed by atoms with Gasteiger partial charge in [0.05, 0.1) is 6.04 Å². The number of amides is 1. The van der Waals surface area contributed by atoms with Crippen LogP contribution in [0.1, 0.15) is 36.6 Å². The van der Waals surface area contributed by atoms with Gasteiger partial charge < -0.3 is 5.32 Å². The summed E-state index contributed by atoms with van der Waals surface area (Å²) < 4.78 is 0. The molecule has 3 nitrogen and oxygen atoms in total. The molecule has 22 heavy (non-hydrogen) atoms. The molecule has 3 heteroatoms. The second-order valence-corrected chi connectivity index (χ2v) is 5.82. The monoisotopic (exact) mass is 296 g/mol. The van der Waals surface area contributed by atoms with Gasteiger partial charge in [0.1, 0.15) is 0 Å². The highest BCUT2D eigenvalue weighted by Crippen LogP contribution is 2.17. The van der Waals surface area contributed by atoms with Crippen LogP contribution in [0.4, 0.5) is 5.69 Å². The van der Waals surface area contributed by atoms with Crippen LogP contribution in [-0.2, 0) is 4.79 Å². The molecule has 0 heterocycles. The van der Waals surface area contributed by atoms with Crippen LogP contribution in [-0.4, -0.2) is 11.9 Å². The average molecular weight is 296 g/mol. The average Bonchev–Trinajstić information content (AvgIpc) is 2.49. The van der Waals surface area contributed by atoms with Gasteiger partial charge in [-0.05, 0) is 51.0 Å². The van der Waals surface area contributed by atoms with Crippen molar-refractivity contribution in [3.63, 3.8) is 0 Å². The molecule has 0 bridgehead atoms. The van der Waals surface area contributed by atoms with Crippen LogP contribution >= 0.6 is 0 Å². The predicted molar refractivity (Wildman–Crippen MR) is 92.0 cm³/mol. The van der Waals surface area contributed by atoms with Crippen molar-refractivity contribution in [3.8, 4) is 0 Å². The summed E-state index contributed by atoms with van der Waals surface area (Å²) in [6, 6.07) is 15.9. The van der Waals surface area contributed by atoms with Crippen LogP contribution in [0.15, 0.2) is 48.5 Å². The third kappa shape index (κ3) is 4.18. The smallest absolute Gasteiger partial charge is 0.241 e. The van der Waals surface area contributed by atoms with Crippen molar-refractivity contribution in [2.45, 2.75) is 39.8 Å². The minimum absolute atomic E-state index is 0.0238. The van der Waals surface area contributed by atoms with Crippen LogP contribution in [0, 0.1) is 13.8 Å². The summed E-state index contributed by atoms with van der Waals surface area (Å²) in [4.78, 5) is 12.3. The molecule has 0 radical (unpaired) electrons. The normalized spacial score (nSPS) is 13.5. The second kappa shape index (κ2) is 7.23. The highest BCUT2D eigenvalue weighted by Gasteiger charge is 2.17. The number of carbonyl (C=O) groups excluding carboxylic acids is 1. The lowest BCUT2D eigenvalue weighted by Gasteiger charge is -2.21. The molecule has 116 valence electrons. The van der Waals surface area contributed by atoms with E-state index in [1.165, 1.54) is 16.7 Å². The van der Waals surface area contributed by atoms with Crippen molar-refractivity contribution in [2.75, 3.05) is 5.32 Å². The topological polar surface area (TPSA) is 41.1 Å². The largest absolute Gasteiger partial charge is 0.325 e. The van der Waals surface area contributed by atoms with Crippen molar-refractivity contribution >= 4 is 11.6 Å². The molecule has 0 aliphatic rings. The van der Waals surface area contributed by atoms with Crippen molar-refractivity contribution < 1.29 is 4.79 Å². The Morgan fingerprint density at radius 1 is 0.955 bits per heavy atom. The van der Waals surface area contributed by atoms with E-state index in [0.29, 0.717) is 0 Å². The van der Waals surface area contributed by atoms with Crippen molar-refractivity contribution in [2.24, 2.45) is 0 Å². The first-order valence-electron chi connectivity index (χ1n) is 7.66. The Morgan fingerprint density at radius 2 is 1.59 bits per heavy atom. The summed E-state index contributed by atoms with van der Waals surface area (Å²) in [6.45, 7) is 8.08. The van der Waals surface area contributed by atoms with Crippen LogP contribution in [0.3, 0.4) is 0 Å². The van der Waals surface area contributed by atoms with E-state index in [9.17, 15) is 4.79 Å². The third-order valence-electron chi connectivity index (χ3n) is 3.87. The number of anilines is 1. The Hall–Kier alpha value is -2.13. The molecular formula is C19H24N2O. The summed E-state index contributed by atoms with van der Waals surface area (Å²) in [6.07, 6.45) is 0. The van der Waals surface area contributed by atoms with Gasteiger partial charge in [-0.1, -0.05) is 42.0 Å². The molecule has 2 rings (SSSR count). The highest BCUT2D eigenvalue weighted by molar-refractivity contribution is 5.94. The molecule has 0 fully saturated rings. The highest BCUT2D eigenvalue weighted by atomic mass is 16.2. The van der Waals surface area contributed by atoms with E-state index >= 15 is 0 Å². The van der Waals surface area contributed by atoms with E-state index in [4.69, 9.17) is 0 Å². The number of aryl methyl sites for hydroxylation is 2. The molecule has 0 saturated carbocycles. The second-order valence-electron chi connectivity index (χ2n) is 5.82. The first-order chi connectivity index (χ1) is 10.5. The molecule has 0 aromatic heterocycles. The van der Waals surface area contributed by atoms with Gasteiger partial charge in [0, 0.05) is 11.7 Å². The Labute approximate surface area is 132 Å². The SMILES string of the molecule is Cc1ccc(NC(=O)C(C)NC(C)c2ccccc2C)cc1. The number of benzene rings is 2. The van der Waals surface area contributed by atoms with Gasteiger partial charge in [0.15, 0.2) is 0 Å². The first kappa shape index (κ1) is 16.2. The minimum atomic E-state index is -0.268. The maximum Gasteiger partial charge on any atom is 0.241 e. The van der Waals surface area contributed by atoms with E-state index < -0.39 is 0 Å². The summed E-state index contributed by atoms with van der Waals surface area (Å²) in [5.74, 6) is -0.0238. The predicted octanol–water partition coefficient (Wildman–Crippen LogP) is 3.98. The molecule has 2 aromatic rings. The molecule has 1 amide bonds. The number of hydrogen-bond donors (Lipinski definition) is 2. The molecule has 2 aromatic carbocycles. The van der Waals surface area contributed by atoms with Crippen molar-refractivity contribution in [3.05, 3.63) is 65.2 Å². The van der Waals surface area contributed by atoms with Crippen LogP contribution < -0.4 is 10.6 Å². The van der Waals surface area contributed by atoms with Gasteiger partial charge in [-0.2, -0.15) is 0 Å². The molecule has 0 saturated heterocycles. The number of carbonyl (C=O) groups is 1. The van der Waals surface area contributed by atoms with E-state index in [-0.39, 0.29) is 18.0 Å². The number of rotatable bonds is 5. The van der Waals surface area contributed by atoms with Crippen LogP contribution in [0.2, 0.25) is 0 Å². The number of nitrogens with one attached hydrogen (secondary N) is 2. The third-order valence-corrected chi connectivity index (χ3v) is 3.87. The lowest BCUT2D eigenvalue weighted by atomic mass is 10.0. The fraction of sp³-hybridized carbons (Fsp3) is 0.316. The molecule has 2 N–H and O–H groups in total. The lowest BCUT2D eigenvalue weighted by Crippen LogP contribution is -2.39. The molecule has 0 aliphatic carbocycles. The quantitative estimate of drug-likeness (QED) is 0.876. The van der Waals surface area contributed by atoms with E-state index in [1.54, 1.807) is 0 Å². The molecular weight excluding hydrogens is 272 g/mol. The molecule has 2 unspecified atom stereocenters. The Kier molecular flexibility index (Phi) is 5.34. The molecule has 0 spiro atoms. The number of hydrogen-bond acceptors (Lipinski definition) is 2. The Balaban J connectivity index is 1.96. The first-order valence-corrected chi connectivity index (χ1v) is 7.66. The minimum Gasteiger partial charge on any atom is -0.325 e. The van der Waals surface area contributed by atoms with Crippen LogP contribution in [0.5, 0.6) is 0 Å². The van der Waals surface area contributed by atoms with Crippen LogP contribution in [0.25, 0.3) is 0 Å². The van der Waals surface area contributed by atoms with Crippen molar-refractivity contribution in [1.29, 1.82) is 0 Å². The van der Waals surface area contributed by atoms with Gasteiger partial charge >= 0.3 is 0 Å². The zero-order valence-electron chi connectivity index (χ0n) is 13.7. The van der Waals surface area contributed by atoms with E-state index in [1.807, 2.05) is 50.2 Å². The van der Waals surface area contributed by atoms with E-state index in [2.05, 4.69) is 36.6 Å². The molecule has 2 atom stereocenters. The fourth-order valence-corrected chi connectivity index (χ4v) is 2.50. The molecule has 0 aliphatic heterocycles. The van der Waals surface area contributed by atoms with Gasteiger partial charge in [-0.3, -0.25) is 10.1 Å². The van der Waals surface area contributed by atoms with Crippen molar-refractivity contribution in [1.82, 2.24) is 5.32 Å². The summed E-state index contributed by atoms with van der Waals surface area (Å²) in [5.41, 5.74) is 4.45. The van der Waals surface area contributed by atoms with Gasteiger partial charge in [-0.25, -0.2) is 0 Å². The zero-order chi connectivity index (χ0) is 16.1. The zero-order valence-corrected chi connectivity index (χ0v) is 13.7. The fourth-order valence-electron chi connectivity index (χ4n) is 2.50. The van der Waals surface area contributed by atoms with Gasteiger partial charge in [-0.15, -0.1) is 0 Å². The Morgan fingerprint density at radius 3 is 2.23 bits per heavy atom. The standard InChI is InChI=1S/C19H24N2O/c1-13-9-11-17(12-10-13)21-19(22)16(4)20-15(3)18-8-6-5-7-14(18)2/h5-12,15-16,20H,1-4H3,(H,21,22). The van der Waals surface area contributed by atoms with Gasteiger partial charge in [0.25, 0.3) is 0 Å².